The zero-order valence-corrected chi connectivity index (χ0v) is 16.2. The Kier molecular flexibility index (Phi) is 5.23. The number of amides is 3. The molecule has 1 unspecified atom stereocenters. The van der Waals surface area contributed by atoms with Gasteiger partial charge < -0.3 is 10.0 Å². The molecule has 1 saturated heterocycles. The molecule has 1 aliphatic heterocycles. The Bertz CT molecular complexity index is 882. The largest absolute Gasteiger partial charge is 0.480 e. The average Bonchev–Trinajstić information content (AvgIpc) is 2.86. The SMILES string of the molecule is CC(C)[C@@H](C(=O)O)N1C(=O)N(Cc2ccccc2)C(C)(c2ccccc2)C1=O. The smallest absolute Gasteiger partial charge is 0.329 e. The van der Waals surface area contributed by atoms with E-state index in [9.17, 15) is 19.5 Å². The molecule has 0 spiro atoms. The number of carbonyl (C=O) groups is 3. The van der Waals surface area contributed by atoms with E-state index >= 15 is 0 Å². The minimum absolute atomic E-state index is 0.206. The van der Waals surface area contributed by atoms with Crippen molar-refractivity contribution in [3.8, 4) is 0 Å². The Balaban J connectivity index is 2.12. The van der Waals surface area contributed by atoms with E-state index in [1.54, 1.807) is 45.0 Å². The lowest BCUT2D eigenvalue weighted by Crippen LogP contribution is -2.49. The van der Waals surface area contributed by atoms with Crippen LogP contribution >= 0.6 is 0 Å². The predicted octanol–water partition coefficient (Wildman–Crippen LogP) is 3.48. The maximum absolute atomic E-state index is 13.5. The van der Waals surface area contributed by atoms with Gasteiger partial charge >= 0.3 is 12.0 Å². The number of urea groups is 1. The fourth-order valence-electron chi connectivity index (χ4n) is 3.73. The van der Waals surface area contributed by atoms with Crippen LogP contribution in [0, 0.1) is 5.92 Å². The van der Waals surface area contributed by atoms with E-state index in [1.165, 1.54) is 4.90 Å². The average molecular weight is 380 g/mol. The van der Waals surface area contributed by atoms with E-state index in [-0.39, 0.29) is 6.54 Å². The van der Waals surface area contributed by atoms with Gasteiger partial charge in [-0.05, 0) is 24.0 Å². The van der Waals surface area contributed by atoms with Gasteiger partial charge in [-0.2, -0.15) is 0 Å². The number of carboxylic acids is 1. The summed E-state index contributed by atoms with van der Waals surface area (Å²) >= 11 is 0. The van der Waals surface area contributed by atoms with E-state index in [0.717, 1.165) is 10.5 Å². The van der Waals surface area contributed by atoms with Crippen LogP contribution in [0.3, 0.4) is 0 Å². The van der Waals surface area contributed by atoms with Crippen LogP contribution in [0.15, 0.2) is 60.7 Å². The van der Waals surface area contributed by atoms with Gasteiger partial charge in [-0.25, -0.2) is 14.5 Å². The number of hydrogen-bond acceptors (Lipinski definition) is 3. The zero-order chi connectivity index (χ0) is 20.5. The summed E-state index contributed by atoms with van der Waals surface area (Å²) in [6, 6.07) is 16.6. The van der Waals surface area contributed by atoms with E-state index in [2.05, 4.69) is 0 Å². The summed E-state index contributed by atoms with van der Waals surface area (Å²) in [6.07, 6.45) is 0. The maximum atomic E-state index is 13.5. The molecule has 0 bridgehead atoms. The third-order valence-corrected chi connectivity index (χ3v) is 5.29. The molecule has 0 radical (unpaired) electrons. The van der Waals surface area contributed by atoms with Crippen LogP contribution in [0.2, 0.25) is 0 Å². The number of benzene rings is 2. The minimum atomic E-state index is -1.28. The highest BCUT2D eigenvalue weighted by molar-refractivity contribution is 6.09. The second kappa shape index (κ2) is 7.46. The molecule has 2 aromatic rings. The molecule has 0 aromatic heterocycles. The van der Waals surface area contributed by atoms with Gasteiger partial charge in [0.05, 0.1) is 0 Å². The molecule has 146 valence electrons. The Morgan fingerprint density at radius 3 is 2.04 bits per heavy atom. The van der Waals surface area contributed by atoms with Crippen molar-refractivity contribution in [2.45, 2.75) is 38.9 Å². The van der Waals surface area contributed by atoms with Crippen molar-refractivity contribution in [1.82, 2.24) is 9.80 Å². The fourth-order valence-corrected chi connectivity index (χ4v) is 3.73. The van der Waals surface area contributed by atoms with Crippen LogP contribution in [-0.2, 0) is 21.7 Å². The van der Waals surface area contributed by atoms with Crippen LogP contribution in [0.5, 0.6) is 0 Å². The first-order chi connectivity index (χ1) is 13.3. The summed E-state index contributed by atoms with van der Waals surface area (Å²) in [5.74, 6) is -2.11. The molecule has 2 aromatic carbocycles. The molecule has 3 amide bonds. The lowest BCUT2D eigenvalue weighted by molar-refractivity contribution is -0.149. The van der Waals surface area contributed by atoms with Crippen molar-refractivity contribution >= 4 is 17.9 Å². The lowest BCUT2D eigenvalue weighted by Gasteiger charge is -2.32. The summed E-state index contributed by atoms with van der Waals surface area (Å²) in [7, 11) is 0. The highest BCUT2D eigenvalue weighted by Gasteiger charge is 2.58. The Morgan fingerprint density at radius 1 is 1.00 bits per heavy atom. The van der Waals surface area contributed by atoms with Gasteiger partial charge in [-0.15, -0.1) is 0 Å². The first-order valence-corrected chi connectivity index (χ1v) is 9.26. The molecule has 6 nitrogen and oxygen atoms in total. The van der Waals surface area contributed by atoms with Crippen LogP contribution in [0.4, 0.5) is 4.79 Å². The number of carboxylic acid groups (broad SMARTS) is 1. The van der Waals surface area contributed by atoms with Gasteiger partial charge in [-0.1, -0.05) is 74.5 Å². The summed E-state index contributed by atoms with van der Waals surface area (Å²) in [4.78, 5) is 41.1. The van der Waals surface area contributed by atoms with E-state index < -0.39 is 35.4 Å². The van der Waals surface area contributed by atoms with Crippen molar-refractivity contribution in [2.75, 3.05) is 0 Å². The molecule has 1 N–H and O–H groups in total. The maximum Gasteiger partial charge on any atom is 0.329 e. The molecule has 6 heteroatoms. The third-order valence-electron chi connectivity index (χ3n) is 5.29. The standard InChI is InChI=1S/C22H24N2O4/c1-15(2)18(19(25)26)24-20(27)22(3,17-12-8-5-9-13-17)23(21(24)28)14-16-10-6-4-7-11-16/h4-13,15,18H,14H2,1-3H3,(H,25,26)/t18-,22?/m0/s1. The number of hydrogen-bond donors (Lipinski definition) is 1. The molecular formula is C22H24N2O4. The number of nitrogens with zero attached hydrogens (tertiary/aromatic N) is 2. The fraction of sp³-hybridized carbons (Fsp3) is 0.318. The molecule has 1 fully saturated rings. The molecule has 0 aliphatic carbocycles. The van der Waals surface area contributed by atoms with Gasteiger partial charge in [0, 0.05) is 6.54 Å². The molecule has 28 heavy (non-hydrogen) atoms. The normalized spacial score (nSPS) is 20.7. The van der Waals surface area contributed by atoms with Gasteiger partial charge in [0.25, 0.3) is 5.91 Å². The van der Waals surface area contributed by atoms with Gasteiger partial charge in [0.1, 0.15) is 11.6 Å². The topological polar surface area (TPSA) is 77.9 Å². The van der Waals surface area contributed by atoms with Crippen LogP contribution in [-0.4, -0.2) is 38.9 Å². The van der Waals surface area contributed by atoms with Crippen LogP contribution < -0.4 is 0 Å². The first kappa shape index (κ1) is 19.6. The highest BCUT2D eigenvalue weighted by Crippen LogP contribution is 2.40. The summed E-state index contributed by atoms with van der Waals surface area (Å²) < 4.78 is 0. The van der Waals surface area contributed by atoms with Crippen molar-refractivity contribution in [3.05, 3.63) is 71.8 Å². The highest BCUT2D eigenvalue weighted by atomic mass is 16.4. The van der Waals surface area contributed by atoms with Crippen molar-refractivity contribution in [2.24, 2.45) is 5.92 Å². The number of carbonyl (C=O) groups excluding carboxylic acids is 2. The van der Waals surface area contributed by atoms with Gasteiger partial charge in [0.15, 0.2) is 0 Å². The Hall–Kier alpha value is -3.15. The first-order valence-electron chi connectivity index (χ1n) is 9.26. The molecule has 0 saturated carbocycles. The van der Waals surface area contributed by atoms with Crippen LogP contribution in [0.25, 0.3) is 0 Å². The lowest BCUT2D eigenvalue weighted by atomic mass is 9.89. The molecule has 1 aliphatic rings. The molecular weight excluding hydrogens is 356 g/mol. The predicted molar refractivity (Wildman–Crippen MR) is 104 cm³/mol. The molecule has 2 atom stereocenters. The summed E-state index contributed by atoms with van der Waals surface area (Å²) in [5, 5.41) is 9.69. The van der Waals surface area contributed by atoms with E-state index in [0.29, 0.717) is 5.56 Å². The van der Waals surface area contributed by atoms with Crippen molar-refractivity contribution in [1.29, 1.82) is 0 Å². The number of aliphatic carboxylic acids is 1. The quantitative estimate of drug-likeness (QED) is 0.779. The zero-order valence-electron chi connectivity index (χ0n) is 16.2. The van der Waals surface area contributed by atoms with Crippen LogP contribution in [0.1, 0.15) is 31.9 Å². The second-order valence-corrected chi connectivity index (χ2v) is 7.49. The summed E-state index contributed by atoms with van der Waals surface area (Å²) in [6.45, 7) is 5.28. The minimum Gasteiger partial charge on any atom is -0.480 e. The molecule has 3 rings (SSSR count). The summed E-state index contributed by atoms with van der Waals surface area (Å²) in [5.41, 5.74) is 0.236. The van der Waals surface area contributed by atoms with E-state index in [1.807, 2.05) is 36.4 Å². The van der Waals surface area contributed by atoms with Crippen molar-refractivity contribution < 1.29 is 19.5 Å². The Morgan fingerprint density at radius 2 is 1.54 bits per heavy atom. The van der Waals surface area contributed by atoms with E-state index in [4.69, 9.17) is 0 Å². The number of rotatable bonds is 6. The Labute approximate surface area is 164 Å². The third kappa shape index (κ3) is 3.15. The van der Waals surface area contributed by atoms with Crippen molar-refractivity contribution in [3.63, 3.8) is 0 Å². The van der Waals surface area contributed by atoms with Gasteiger partial charge in [0.2, 0.25) is 0 Å². The molecule has 1 heterocycles. The second-order valence-electron chi connectivity index (χ2n) is 7.49. The monoisotopic (exact) mass is 380 g/mol. The number of imide groups is 1. The van der Waals surface area contributed by atoms with Gasteiger partial charge in [-0.3, -0.25) is 4.79 Å².